The van der Waals surface area contributed by atoms with Crippen molar-refractivity contribution in [2.24, 2.45) is 11.3 Å². The lowest BCUT2D eigenvalue weighted by molar-refractivity contribution is 0.241. The molecule has 0 radical (unpaired) electrons. The van der Waals surface area contributed by atoms with Crippen LogP contribution in [0, 0.1) is 11.3 Å². The van der Waals surface area contributed by atoms with E-state index < -0.39 is 0 Å². The van der Waals surface area contributed by atoms with Crippen LogP contribution in [0.4, 0.5) is 0 Å². The highest BCUT2D eigenvalue weighted by Gasteiger charge is 2.21. The van der Waals surface area contributed by atoms with Crippen LogP contribution >= 0.6 is 0 Å². The van der Waals surface area contributed by atoms with Gasteiger partial charge in [-0.15, -0.1) is 0 Å². The summed E-state index contributed by atoms with van der Waals surface area (Å²) >= 11 is 0. The normalized spacial score (nSPS) is 26.4. The first kappa shape index (κ1) is 14.0. The summed E-state index contributed by atoms with van der Waals surface area (Å²) in [6.07, 6.45) is 4.01. The van der Waals surface area contributed by atoms with Crippen molar-refractivity contribution in [3.8, 4) is 0 Å². The van der Waals surface area contributed by atoms with Gasteiger partial charge >= 0.3 is 0 Å². The number of hydrogen-bond donors (Lipinski definition) is 1. The molecule has 0 aromatic carbocycles. The second-order valence-electron chi connectivity index (χ2n) is 6.61. The Morgan fingerprint density at radius 3 is 2.56 bits per heavy atom. The molecule has 1 saturated heterocycles. The zero-order valence-corrected chi connectivity index (χ0v) is 11.8. The maximum absolute atomic E-state index is 3.76. The van der Waals surface area contributed by atoms with Crippen LogP contribution in [0.3, 0.4) is 0 Å². The van der Waals surface area contributed by atoms with Crippen molar-refractivity contribution in [3.63, 3.8) is 0 Å². The molecule has 0 aliphatic carbocycles. The molecule has 1 fully saturated rings. The molecular formula is C14H30N2. The van der Waals surface area contributed by atoms with Crippen molar-refractivity contribution < 1.29 is 0 Å². The third kappa shape index (κ3) is 4.84. The Morgan fingerprint density at radius 2 is 1.94 bits per heavy atom. The van der Waals surface area contributed by atoms with Crippen LogP contribution in [-0.4, -0.2) is 37.6 Å². The molecule has 2 atom stereocenters. The average Bonchev–Trinajstić information content (AvgIpc) is 2.38. The maximum Gasteiger partial charge on any atom is 0.00798 e. The maximum atomic E-state index is 3.76. The lowest BCUT2D eigenvalue weighted by Crippen LogP contribution is -2.37. The molecular weight excluding hydrogens is 196 g/mol. The molecule has 0 saturated carbocycles. The lowest BCUT2D eigenvalue weighted by atomic mass is 9.82. The molecule has 2 nitrogen and oxygen atoms in total. The van der Waals surface area contributed by atoms with Crippen molar-refractivity contribution in [3.05, 3.63) is 0 Å². The van der Waals surface area contributed by atoms with E-state index in [0.29, 0.717) is 5.41 Å². The molecule has 0 bridgehead atoms. The fourth-order valence-corrected chi connectivity index (χ4v) is 2.09. The second-order valence-corrected chi connectivity index (χ2v) is 6.61. The van der Waals surface area contributed by atoms with Gasteiger partial charge in [-0.25, -0.2) is 0 Å². The lowest BCUT2D eigenvalue weighted by Gasteiger charge is -2.29. The van der Waals surface area contributed by atoms with E-state index in [9.17, 15) is 0 Å². The SMILES string of the molecule is CC(CNC1CCCN(C)CC1)C(C)(C)C. The predicted molar refractivity (Wildman–Crippen MR) is 71.8 cm³/mol. The van der Waals surface area contributed by atoms with Crippen LogP contribution < -0.4 is 5.32 Å². The molecule has 16 heavy (non-hydrogen) atoms. The van der Waals surface area contributed by atoms with E-state index in [-0.39, 0.29) is 0 Å². The van der Waals surface area contributed by atoms with Crippen LogP contribution in [0.1, 0.15) is 47.0 Å². The van der Waals surface area contributed by atoms with Gasteiger partial charge in [-0.1, -0.05) is 27.7 Å². The number of nitrogens with one attached hydrogen (secondary N) is 1. The van der Waals surface area contributed by atoms with E-state index in [1.165, 1.54) is 32.4 Å². The molecule has 2 heteroatoms. The first-order valence-corrected chi connectivity index (χ1v) is 6.81. The molecule has 0 aromatic rings. The standard InChI is InChI=1S/C14H30N2/c1-12(14(2,3)4)11-15-13-7-6-9-16(5)10-8-13/h12-13,15H,6-11H2,1-5H3. The molecule has 1 aliphatic rings. The second kappa shape index (κ2) is 6.02. The summed E-state index contributed by atoms with van der Waals surface area (Å²) in [6.45, 7) is 13.0. The van der Waals surface area contributed by atoms with Gasteiger partial charge < -0.3 is 10.2 Å². The summed E-state index contributed by atoms with van der Waals surface area (Å²) in [5, 5.41) is 3.76. The molecule has 0 spiro atoms. The van der Waals surface area contributed by atoms with Crippen molar-refractivity contribution >= 4 is 0 Å². The van der Waals surface area contributed by atoms with Crippen molar-refractivity contribution in [1.29, 1.82) is 0 Å². The number of likely N-dealkylation sites (tertiary alicyclic amines) is 1. The first-order valence-electron chi connectivity index (χ1n) is 6.81. The van der Waals surface area contributed by atoms with Crippen LogP contribution in [-0.2, 0) is 0 Å². The zero-order chi connectivity index (χ0) is 12.2. The highest BCUT2D eigenvalue weighted by Crippen LogP contribution is 2.24. The Kier molecular flexibility index (Phi) is 5.26. The highest BCUT2D eigenvalue weighted by molar-refractivity contribution is 4.77. The van der Waals surface area contributed by atoms with Gasteiger partial charge in [0, 0.05) is 6.04 Å². The minimum atomic E-state index is 0.425. The Morgan fingerprint density at radius 1 is 1.25 bits per heavy atom. The summed E-state index contributed by atoms with van der Waals surface area (Å²) in [5.41, 5.74) is 0.425. The van der Waals surface area contributed by atoms with Gasteiger partial charge in [0.15, 0.2) is 0 Å². The summed E-state index contributed by atoms with van der Waals surface area (Å²) in [4.78, 5) is 2.45. The van der Waals surface area contributed by atoms with E-state index in [1.54, 1.807) is 0 Å². The molecule has 1 rings (SSSR count). The fraction of sp³-hybridized carbons (Fsp3) is 1.00. The predicted octanol–water partition coefficient (Wildman–Crippen LogP) is 2.74. The first-order chi connectivity index (χ1) is 7.39. The van der Waals surface area contributed by atoms with Crippen molar-refractivity contribution in [2.75, 3.05) is 26.7 Å². The highest BCUT2D eigenvalue weighted by atomic mass is 15.1. The molecule has 1 heterocycles. The van der Waals surface area contributed by atoms with E-state index in [2.05, 4.69) is 45.0 Å². The minimum absolute atomic E-state index is 0.425. The van der Waals surface area contributed by atoms with Crippen LogP contribution in [0.25, 0.3) is 0 Å². The van der Waals surface area contributed by atoms with Crippen LogP contribution in [0.2, 0.25) is 0 Å². The third-order valence-corrected chi connectivity index (χ3v) is 4.14. The smallest absolute Gasteiger partial charge is 0.00798 e. The zero-order valence-electron chi connectivity index (χ0n) is 11.8. The third-order valence-electron chi connectivity index (χ3n) is 4.14. The molecule has 1 N–H and O–H groups in total. The van der Waals surface area contributed by atoms with E-state index in [4.69, 9.17) is 0 Å². The fourth-order valence-electron chi connectivity index (χ4n) is 2.09. The Hall–Kier alpha value is -0.0800. The summed E-state index contributed by atoms with van der Waals surface area (Å²) in [6, 6.07) is 0.745. The Bertz CT molecular complexity index is 195. The van der Waals surface area contributed by atoms with Gasteiger partial charge in [0.2, 0.25) is 0 Å². The molecule has 2 unspecified atom stereocenters. The minimum Gasteiger partial charge on any atom is -0.314 e. The summed E-state index contributed by atoms with van der Waals surface area (Å²) < 4.78 is 0. The van der Waals surface area contributed by atoms with E-state index >= 15 is 0 Å². The van der Waals surface area contributed by atoms with Gasteiger partial charge in [-0.05, 0) is 57.3 Å². The Labute approximate surface area is 102 Å². The summed E-state index contributed by atoms with van der Waals surface area (Å²) in [7, 11) is 2.24. The van der Waals surface area contributed by atoms with Crippen LogP contribution in [0.15, 0.2) is 0 Å². The number of hydrogen-bond acceptors (Lipinski definition) is 2. The monoisotopic (exact) mass is 226 g/mol. The summed E-state index contributed by atoms with van der Waals surface area (Å²) in [5.74, 6) is 0.744. The average molecular weight is 226 g/mol. The van der Waals surface area contributed by atoms with Gasteiger partial charge in [0.05, 0.1) is 0 Å². The van der Waals surface area contributed by atoms with E-state index in [1.807, 2.05) is 0 Å². The molecule has 1 aliphatic heterocycles. The largest absolute Gasteiger partial charge is 0.314 e. The van der Waals surface area contributed by atoms with Gasteiger partial charge in [0.1, 0.15) is 0 Å². The molecule has 0 aromatic heterocycles. The Balaban J connectivity index is 2.27. The number of nitrogens with zero attached hydrogens (tertiary/aromatic N) is 1. The van der Waals surface area contributed by atoms with Crippen molar-refractivity contribution in [2.45, 2.75) is 53.0 Å². The van der Waals surface area contributed by atoms with Crippen molar-refractivity contribution in [1.82, 2.24) is 10.2 Å². The van der Waals surface area contributed by atoms with Gasteiger partial charge in [-0.3, -0.25) is 0 Å². The van der Waals surface area contributed by atoms with Gasteiger partial charge in [0.25, 0.3) is 0 Å². The van der Waals surface area contributed by atoms with E-state index in [0.717, 1.165) is 18.5 Å². The topological polar surface area (TPSA) is 15.3 Å². The molecule has 0 amide bonds. The van der Waals surface area contributed by atoms with Crippen LogP contribution in [0.5, 0.6) is 0 Å². The number of rotatable bonds is 3. The molecule has 96 valence electrons. The van der Waals surface area contributed by atoms with Gasteiger partial charge in [-0.2, -0.15) is 0 Å². The quantitative estimate of drug-likeness (QED) is 0.796.